The Morgan fingerprint density at radius 3 is 2.92 bits per heavy atom. The maximum absolute atomic E-state index is 12.7. The van der Waals surface area contributed by atoms with Gasteiger partial charge in [0.15, 0.2) is 0 Å². The van der Waals surface area contributed by atoms with E-state index in [1.807, 2.05) is 32.0 Å². The summed E-state index contributed by atoms with van der Waals surface area (Å²) in [7, 11) is 0. The molecule has 0 bridgehead atoms. The van der Waals surface area contributed by atoms with Crippen molar-refractivity contribution in [3.8, 4) is 5.75 Å². The fraction of sp³-hybridized carbons (Fsp3) is 0.474. The molecular weight excluding hydrogens is 318 g/mol. The van der Waals surface area contributed by atoms with Gasteiger partial charge < -0.3 is 19.9 Å². The highest BCUT2D eigenvalue weighted by Gasteiger charge is 2.22. The molecule has 2 heterocycles. The van der Waals surface area contributed by atoms with Crippen molar-refractivity contribution in [2.75, 3.05) is 6.54 Å². The number of nitrogens with one attached hydrogen (secondary N) is 2. The number of carbonyl (C=O) groups excluding carboxylic acids is 1. The first-order chi connectivity index (χ1) is 12.0. The summed E-state index contributed by atoms with van der Waals surface area (Å²) in [6.45, 7) is 7.13. The summed E-state index contributed by atoms with van der Waals surface area (Å²) in [6, 6.07) is 7.94. The Hall–Kier alpha value is -2.34. The normalized spacial score (nSPS) is 20.3. The molecule has 1 saturated heterocycles. The number of rotatable bonds is 5. The summed E-state index contributed by atoms with van der Waals surface area (Å²) in [4.78, 5) is 12.7. The molecule has 1 aromatic carbocycles. The number of hydrogen-bond acceptors (Lipinski definition) is 5. The SMILES string of the molecule is Cc1noc(C)c1COc1ccccc1C(=O)NC1CCNC(C)C1. The van der Waals surface area contributed by atoms with Gasteiger partial charge in [0.25, 0.3) is 5.91 Å². The van der Waals surface area contributed by atoms with Crippen LogP contribution in [0.2, 0.25) is 0 Å². The van der Waals surface area contributed by atoms with Crippen LogP contribution in [-0.4, -0.2) is 29.7 Å². The third kappa shape index (κ3) is 4.20. The van der Waals surface area contributed by atoms with Gasteiger partial charge in [-0.1, -0.05) is 17.3 Å². The Kier molecular flexibility index (Phi) is 5.38. The molecule has 3 rings (SSSR count). The van der Waals surface area contributed by atoms with Gasteiger partial charge in [0.2, 0.25) is 0 Å². The molecule has 1 amide bonds. The van der Waals surface area contributed by atoms with E-state index in [2.05, 4.69) is 22.7 Å². The van der Waals surface area contributed by atoms with Crippen molar-refractivity contribution in [3.63, 3.8) is 0 Å². The van der Waals surface area contributed by atoms with Crippen LogP contribution in [-0.2, 0) is 6.61 Å². The fourth-order valence-corrected chi connectivity index (χ4v) is 3.16. The van der Waals surface area contributed by atoms with E-state index >= 15 is 0 Å². The molecular formula is C19H25N3O3. The van der Waals surface area contributed by atoms with E-state index in [9.17, 15) is 4.79 Å². The fourth-order valence-electron chi connectivity index (χ4n) is 3.16. The second kappa shape index (κ2) is 7.70. The van der Waals surface area contributed by atoms with Crippen LogP contribution in [0.15, 0.2) is 28.8 Å². The lowest BCUT2D eigenvalue weighted by molar-refractivity contribution is 0.0921. The molecule has 6 heteroatoms. The van der Waals surface area contributed by atoms with E-state index in [1.54, 1.807) is 6.07 Å². The van der Waals surface area contributed by atoms with Crippen molar-refractivity contribution in [1.82, 2.24) is 15.8 Å². The first kappa shape index (κ1) is 17.5. The number of amides is 1. The summed E-state index contributed by atoms with van der Waals surface area (Å²) in [5, 5.41) is 10.5. The summed E-state index contributed by atoms with van der Waals surface area (Å²) < 4.78 is 11.1. The van der Waals surface area contributed by atoms with Crippen LogP contribution in [0.4, 0.5) is 0 Å². The van der Waals surface area contributed by atoms with Gasteiger partial charge in [0.1, 0.15) is 18.1 Å². The van der Waals surface area contributed by atoms with Crippen LogP contribution in [0, 0.1) is 13.8 Å². The highest BCUT2D eigenvalue weighted by Crippen LogP contribution is 2.22. The molecule has 25 heavy (non-hydrogen) atoms. The number of aromatic nitrogens is 1. The van der Waals surface area contributed by atoms with Gasteiger partial charge in [0.05, 0.1) is 16.8 Å². The van der Waals surface area contributed by atoms with E-state index < -0.39 is 0 Å². The molecule has 2 atom stereocenters. The van der Waals surface area contributed by atoms with E-state index in [4.69, 9.17) is 9.26 Å². The Morgan fingerprint density at radius 1 is 1.40 bits per heavy atom. The molecule has 134 valence electrons. The molecule has 0 aliphatic carbocycles. The number of hydrogen-bond donors (Lipinski definition) is 2. The standard InChI is InChI=1S/C19H25N3O3/c1-12-10-15(8-9-20-12)21-19(23)16-6-4-5-7-18(16)24-11-17-13(2)22-25-14(17)3/h4-7,12,15,20H,8-11H2,1-3H3,(H,21,23). The Morgan fingerprint density at radius 2 is 2.20 bits per heavy atom. The van der Waals surface area contributed by atoms with E-state index in [0.717, 1.165) is 36.4 Å². The molecule has 2 aromatic rings. The smallest absolute Gasteiger partial charge is 0.255 e. The third-order valence-electron chi connectivity index (χ3n) is 4.64. The van der Waals surface area contributed by atoms with Gasteiger partial charge in [-0.15, -0.1) is 0 Å². The number of nitrogens with zero attached hydrogens (tertiary/aromatic N) is 1. The molecule has 1 fully saturated rings. The minimum Gasteiger partial charge on any atom is -0.488 e. The highest BCUT2D eigenvalue weighted by atomic mass is 16.5. The molecule has 2 unspecified atom stereocenters. The lowest BCUT2D eigenvalue weighted by atomic mass is 10.00. The summed E-state index contributed by atoms with van der Waals surface area (Å²) >= 11 is 0. The zero-order valence-corrected chi connectivity index (χ0v) is 15.0. The number of piperidine rings is 1. The van der Waals surface area contributed by atoms with Crippen LogP contribution in [0.25, 0.3) is 0 Å². The van der Waals surface area contributed by atoms with Gasteiger partial charge in [-0.3, -0.25) is 4.79 Å². The zero-order valence-electron chi connectivity index (χ0n) is 15.0. The van der Waals surface area contributed by atoms with Crippen LogP contribution in [0.1, 0.15) is 47.1 Å². The molecule has 0 radical (unpaired) electrons. The van der Waals surface area contributed by atoms with Crippen LogP contribution in [0.3, 0.4) is 0 Å². The quantitative estimate of drug-likeness (QED) is 0.873. The average molecular weight is 343 g/mol. The van der Waals surface area contributed by atoms with Gasteiger partial charge in [0, 0.05) is 12.1 Å². The van der Waals surface area contributed by atoms with Crippen molar-refractivity contribution in [2.45, 2.75) is 52.3 Å². The molecule has 0 spiro atoms. The van der Waals surface area contributed by atoms with Gasteiger partial charge >= 0.3 is 0 Å². The predicted molar refractivity (Wildman–Crippen MR) is 94.7 cm³/mol. The monoisotopic (exact) mass is 343 g/mol. The lowest BCUT2D eigenvalue weighted by Gasteiger charge is -2.28. The van der Waals surface area contributed by atoms with Gasteiger partial charge in [-0.25, -0.2) is 0 Å². The number of para-hydroxylation sites is 1. The number of carbonyl (C=O) groups is 1. The van der Waals surface area contributed by atoms with Crippen molar-refractivity contribution < 1.29 is 14.1 Å². The predicted octanol–water partition coefficient (Wildman–Crippen LogP) is 2.74. The summed E-state index contributed by atoms with van der Waals surface area (Å²) in [6.07, 6.45) is 1.88. The van der Waals surface area contributed by atoms with Crippen molar-refractivity contribution in [2.24, 2.45) is 0 Å². The number of aryl methyl sites for hydroxylation is 2. The maximum Gasteiger partial charge on any atom is 0.255 e. The first-order valence-corrected chi connectivity index (χ1v) is 8.72. The van der Waals surface area contributed by atoms with Crippen molar-refractivity contribution in [1.29, 1.82) is 0 Å². The Bertz CT molecular complexity index is 722. The second-order valence-electron chi connectivity index (χ2n) is 6.64. The average Bonchev–Trinajstić information content (AvgIpc) is 2.91. The van der Waals surface area contributed by atoms with Gasteiger partial charge in [-0.05, 0) is 52.3 Å². The molecule has 1 aliphatic heterocycles. The first-order valence-electron chi connectivity index (χ1n) is 8.72. The zero-order chi connectivity index (χ0) is 17.8. The van der Waals surface area contributed by atoms with E-state index in [1.165, 1.54) is 0 Å². The minimum atomic E-state index is -0.0894. The lowest BCUT2D eigenvalue weighted by Crippen LogP contribution is -2.46. The summed E-state index contributed by atoms with van der Waals surface area (Å²) in [5.74, 6) is 1.22. The number of benzene rings is 1. The summed E-state index contributed by atoms with van der Waals surface area (Å²) in [5.41, 5.74) is 2.28. The molecule has 2 N–H and O–H groups in total. The maximum atomic E-state index is 12.7. The van der Waals surface area contributed by atoms with Crippen LogP contribution >= 0.6 is 0 Å². The number of ether oxygens (including phenoxy) is 1. The highest BCUT2D eigenvalue weighted by molar-refractivity contribution is 5.97. The van der Waals surface area contributed by atoms with Gasteiger partial charge in [-0.2, -0.15) is 0 Å². The molecule has 1 aromatic heterocycles. The largest absolute Gasteiger partial charge is 0.488 e. The third-order valence-corrected chi connectivity index (χ3v) is 4.64. The molecule has 1 aliphatic rings. The van der Waals surface area contributed by atoms with E-state index in [0.29, 0.717) is 24.0 Å². The second-order valence-corrected chi connectivity index (χ2v) is 6.64. The van der Waals surface area contributed by atoms with Crippen LogP contribution in [0.5, 0.6) is 5.75 Å². The Labute approximate surface area is 147 Å². The molecule has 6 nitrogen and oxygen atoms in total. The van der Waals surface area contributed by atoms with E-state index in [-0.39, 0.29) is 11.9 Å². The molecule has 0 saturated carbocycles. The van der Waals surface area contributed by atoms with Crippen molar-refractivity contribution in [3.05, 3.63) is 46.8 Å². The Balaban J connectivity index is 1.68. The minimum absolute atomic E-state index is 0.0894. The van der Waals surface area contributed by atoms with Crippen molar-refractivity contribution >= 4 is 5.91 Å². The van der Waals surface area contributed by atoms with Crippen LogP contribution < -0.4 is 15.4 Å². The topological polar surface area (TPSA) is 76.4 Å².